The lowest BCUT2D eigenvalue weighted by atomic mass is 10.1. The van der Waals surface area contributed by atoms with Crippen LogP contribution in [0.1, 0.15) is 10.4 Å². The van der Waals surface area contributed by atoms with E-state index >= 15 is 0 Å². The molecule has 0 saturated heterocycles. The van der Waals surface area contributed by atoms with E-state index in [1.807, 2.05) is 48.5 Å². The maximum Gasteiger partial charge on any atom is 0.255 e. The molecule has 8 heteroatoms. The summed E-state index contributed by atoms with van der Waals surface area (Å²) in [5.74, 6) is 0.493. The van der Waals surface area contributed by atoms with E-state index in [1.54, 1.807) is 18.3 Å². The highest BCUT2D eigenvalue weighted by atomic mass is 16.1. The van der Waals surface area contributed by atoms with Crippen LogP contribution in [0.4, 0.5) is 5.69 Å². The Kier molecular flexibility index (Phi) is 3.45. The van der Waals surface area contributed by atoms with Crippen molar-refractivity contribution < 1.29 is 4.79 Å². The first-order valence-electron chi connectivity index (χ1n) is 9.42. The van der Waals surface area contributed by atoms with Crippen LogP contribution in [0.3, 0.4) is 0 Å². The fraction of sp³-hybridized carbons (Fsp3) is 0. The number of H-pyrrole nitrogens is 3. The third kappa shape index (κ3) is 2.62. The number of hydrogen-bond donors (Lipinski definition) is 4. The van der Waals surface area contributed by atoms with E-state index in [4.69, 9.17) is 0 Å². The largest absolute Gasteiger partial charge is 0.337 e. The van der Waals surface area contributed by atoms with Gasteiger partial charge in [0.15, 0.2) is 5.82 Å². The number of nitrogens with zero attached hydrogens (tertiary/aromatic N) is 3. The van der Waals surface area contributed by atoms with Crippen molar-refractivity contribution >= 4 is 44.4 Å². The zero-order chi connectivity index (χ0) is 20.1. The molecular formula is C22H15N7O. The van der Waals surface area contributed by atoms with Crippen LogP contribution in [0, 0.1) is 0 Å². The summed E-state index contributed by atoms with van der Waals surface area (Å²) in [6.07, 6.45) is 1.72. The van der Waals surface area contributed by atoms with Crippen LogP contribution in [0.2, 0.25) is 0 Å². The molecule has 3 aromatic heterocycles. The third-order valence-electron chi connectivity index (χ3n) is 5.14. The van der Waals surface area contributed by atoms with E-state index in [-0.39, 0.29) is 5.91 Å². The topological polar surface area (TPSA) is 115 Å². The minimum absolute atomic E-state index is 0.195. The molecule has 3 aromatic carbocycles. The molecule has 0 atom stereocenters. The molecule has 30 heavy (non-hydrogen) atoms. The quantitative estimate of drug-likeness (QED) is 0.360. The number of imidazole rings is 1. The molecule has 0 saturated carbocycles. The van der Waals surface area contributed by atoms with Gasteiger partial charge in [0, 0.05) is 22.0 Å². The normalized spacial score (nSPS) is 11.5. The fourth-order valence-corrected chi connectivity index (χ4v) is 3.63. The number of carbonyl (C=O) groups excluding carboxylic acids is 1. The van der Waals surface area contributed by atoms with Crippen molar-refractivity contribution in [3.8, 4) is 11.5 Å². The molecule has 0 aliphatic carbocycles. The van der Waals surface area contributed by atoms with Gasteiger partial charge in [0.2, 0.25) is 0 Å². The van der Waals surface area contributed by atoms with Gasteiger partial charge in [0.05, 0.1) is 28.3 Å². The first-order valence-corrected chi connectivity index (χ1v) is 9.42. The van der Waals surface area contributed by atoms with E-state index in [2.05, 4.69) is 35.7 Å². The van der Waals surface area contributed by atoms with Crippen molar-refractivity contribution in [2.45, 2.75) is 0 Å². The van der Waals surface area contributed by atoms with Crippen molar-refractivity contribution in [3.05, 3.63) is 72.4 Å². The molecule has 0 aliphatic rings. The fourth-order valence-electron chi connectivity index (χ4n) is 3.63. The average molecular weight is 393 g/mol. The molecule has 144 valence electrons. The molecule has 6 rings (SSSR count). The number of carbonyl (C=O) groups is 1. The Hall–Kier alpha value is -4.46. The number of para-hydroxylation sites is 2. The second-order valence-corrected chi connectivity index (χ2v) is 7.06. The maximum atomic E-state index is 12.7. The van der Waals surface area contributed by atoms with Crippen molar-refractivity contribution in [1.82, 2.24) is 30.4 Å². The van der Waals surface area contributed by atoms with Gasteiger partial charge in [-0.1, -0.05) is 12.1 Å². The zero-order valence-corrected chi connectivity index (χ0v) is 15.6. The molecule has 1 amide bonds. The number of rotatable bonds is 3. The van der Waals surface area contributed by atoms with E-state index in [1.165, 1.54) is 0 Å². The van der Waals surface area contributed by atoms with Gasteiger partial charge in [-0.3, -0.25) is 15.0 Å². The monoisotopic (exact) mass is 393 g/mol. The Morgan fingerprint density at radius 2 is 1.83 bits per heavy atom. The van der Waals surface area contributed by atoms with Gasteiger partial charge in [-0.05, 0) is 48.5 Å². The molecule has 3 heterocycles. The first-order chi connectivity index (χ1) is 14.7. The first kappa shape index (κ1) is 16.5. The van der Waals surface area contributed by atoms with E-state index < -0.39 is 0 Å². The van der Waals surface area contributed by atoms with Crippen molar-refractivity contribution in [2.75, 3.05) is 5.32 Å². The van der Waals surface area contributed by atoms with Gasteiger partial charge in [0.1, 0.15) is 5.69 Å². The summed E-state index contributed by atoms with van der Waals surface area (Å²) < 4.78 is 0. The molecule has 0 aliphatic heterocycles. The lowest BCUT2D eigenvalue weighted by Crippen LogP contribution is -2.11. The van der Waals surface area contributed by atoms with Gasteiger partial charge in [-0.15, -0.1) is 0 Å². The van der Waals surface area contributed by atoms with Crippen LogP contribution in [-0.2, 0) is 0 Å². The number of benzene rings is 3. The van der Waals surface area contributed by atoms with Crippen LogP contribution in [0.5, 0.6) is 0 Å². The van der Waals surface area contributed by atoms with E-state index in [0.717, 1.165) is 38.5 Å². The van der Waals surface area contributed by atoms with E-state index in [0.29, 0.717) is 17.1 Å². The highest BCUT2D eigenvalue weighted by Gasteiger charge is 2.15. The standard InChI is InChI=1S/C22H15N7O/c30-22(24-14-6-8-16-13(9-14)11-23-27-16)12-5-7-15-19(10-12)28-29-20(15)21-25-17-3-1-2-4-18(17)26-21/h1-11H,(H,23,27)(H,24,30)(H,25,26)(H,28,29). The summed E-state index contributed by atoms with van der Waals surface area (Å²) in [4.78, 5) is 20.6. The second kappa shape index (κ2) is 6.28. The predicted molar refractivity (Wildman–Crippen MR) is 115 cm³/mol. The van der Waals surface area contributed by atoms with Crippen molar-refractivity contribution in [1.29, 1.82) is 0 Å². The molecular weight excluding hydrogens is 378 g/mol. The van der Waals surface area contributed by atoms with Gasteiger partial charge in [0.25, 0.3) is 5.91 Å². The molecule has 0 unspecified atom stereocenters. The second-order valence-electron chi connectivity index (χ2n) is 7.06. The number of fused-ring (bicyclic) bond motifs is 3. The van der Waals surface area contributed by atoms with Crippen LogP contribution in [-0.4, -0.2) is 36.3 Å². The molecule has 0 bridgehead atoms. The minimum Gasteiger partial charge on any atom is -0.337 e. The highest BCUT2D eigenvalue weighted by Crippen LogP contribution is 2.27. The van der Waals surface area contributed by atoms with Crippen molar-refractivity contribution in [3.63, 3.8) is 0 Å². The number of anilines is 1. The molecule has 0 spiro atoms. The summed E-state index contributed by atoms with van der Waals surface area (Å²) in [5.41, 5.74) is 5.49. The Bertz CT molecular complexity index is 1520. The van der Waals surface area contributed by atoms with Crippen LogP contribution >= 0.6 is 0 Å². The molecule has 8 nitrogen and oxygen atoms in total. The van der Waals surface area contributed by atoms with Crippen LogP contribution < -0.4 is 5.32 Å². The summed E-state index contributed by atoms with van der Waals surface area (Å²) in [7, 11) is 0. The van der Waals surface area contributed by atoms with E-state index in [9.17, 15) is 4.79 Å². The Morgan fingerprint density at radius 1 is 0.900 bits per heavy atom. The number of aromatic amines is 3. The Morgan fingerprint density at radius 3 is 2.77 bits per heavy atom. The highest BCUT2D eigenvalue weighted by molar-refractivity contribution is 6.07. The third-order valence-corrected chi connectivity index (χ3v) is 5.14. The lowest BCUT2D eigenvalue weighted by Gasteiger charge is -2.05. The summed E-state index contributed by atoms with van der Waals surface area (Å²) in [6.45, 7) is 0. The summed E-state index contributed by atoms with van der Waals surface area (Å²) in [6, 6.07) is 18.9. The maximum absolute atomic E-state index is 12.7. The van der Waals surface area contributed by atoms with Gasteiger partial charge >= 0.3 is 0 Å². The van der Waals surface area contributed by atoms with Gasteiger partial charge < -0.3 is 10.3 Å². The van der Waals surface area contributed by atoms with Gasteiger partial charge in [-0.2, -0.15) is 10.2 Å². The number of nitrogens with one attached hydrogen (secondary N) is 4. The molecule has 0 radical (unpaired) electrons. The number of hydrogen-bond acceptors (Lipinski definition) is 4. The molecule has 0 fully saturated rings. The average Bonchev–Trinajstić information content (AvgIpc) is 3.49. The Balaban J connectivity index is 1.32. The van der Waals surface area contributed by atoms with Crippen LogP contribution in [0.25, 0.3) is 44.4 Å². The molecule has 4 N–H and O–H groups in total. The predicted octanol–water partition coefficient (Wildman–Crippen LogP) is 4.23. The molecule has 6 aromatic rings. The SMILES string of the molecule is O=C(Nc1ccc2[nH]ncc2c1)c1ccc2c(-c3nc4ccccc4[nH]3)n[nH]c2c1. The van der Waals surface area contributed by atoms with Gasteiger partial charge in [-0.25, -0.2) is 4.98 Å². The number of amides is 1. The Labute approximate surface area is 169 Å². The van der Waals surface area contributed by atoms with Crippen molar-refractivity contribution in [2.24, 2.45) is 0 Å². The minimum atomic E-state index is -0.195. The summed E-state index contributed by atoms with van der Waals surface area (Å²) in [5, 5.41) is 19.1. The number of aromatic nitrogens is 6. The smallest absolute Gasteiger partial charge is 0.255 e. The lowest BCUT2D eigenvalue weighted by molar-refractivity contribution is 0.102. The summed E-state index contributed by atoms with van der Waals surface area (Å²) >= 11 is 0. The van der Waals surface area contributed by atoms with Crippen LogP contribution in [0.15, 0.2) is 66.9 Å². The zero-order valence-electron chi connectivity index (χ0n) is 15.6.